The molecule has 0 saturated carbocycles. The van der Waals surface area contributed by atoms with Crippen LogP contribution in [0.2, 0.25) is 0 Å². The summed E-state index contributed by atoms with van der Waals surface area (Å²) in [6.07, 6.45) is 13.9. The Hall–Kier alpha value is -4.56. The van der Waals surface area contributed by atoms with Crippen molar-refractivity contribution in [3.63, 3.8) is 0 Å². The van der Waals surface area contributed by atoms with Gasteiger partial charge in [0, 0.05) is 11.1 Å². The van der Waals surface area contributed by atoms with Crippen LogP contribution in [0.25, 0.3) is 16.8 Å². The van der Waals surface area contributed by atoms with E-state index in [9.17, 15) is 0 Å². The summed E-state index contributed by atoms with van der Waals surface area (Å²) in [6, 6.07) is 23.1. The Kier molecular flexibility index (Phi) is 10.7. The van der Waals surface area contributed by atoms with Crippen molar-refractivity contribution in [2.75, 3.05) is 0 Å². The molecule has 0 spiro atoms. The Labute approximate surface area is 234 Å². The zero-order valence-electron chi connectivity index (χ0n) is 23.6. The lowest BCUT2D eigenvalue weighted by Gasteiger charge is -2.13. The van der Waals surface area contributed by atoms with Crippen molar-refractivity contribution in [3.05, 3.63) is 161 Å². The predicted molar refractivity (Wildman–Crippen MR) is 173 cm³/mol. The maximum absolute atomic E-state index is 5.08. The molecule has 0 bridgehead atoms. The molecular weight excluding hydrogens is 472 g/mol. The molecule has 0 saturated heterocycles. The second kappa shape index (κ2) is 14.4. The van der Waals surface area contributed by atoms with Crippen molar-refractivity contribution in [3.8, 4) is 0 Å². The van der Waals surface area contributed by atoms with Gasteiger partial charge in [-0.2, -0.15) is 0 Å². The van der Waals surface area contributed by atoms with Crippen LogP contribution < -0.4 is 0 Å². The van der Waals surface area contributed by atoms with Crippen molar-refractivity contribution < 1.29 is 0 Å². The van der Waals surface area contributed by atoms with E-state index < -0.39 is 0 Å². The van der Waals surface area contributed by atoms with Crippen LogP contribution in [0, 0.1) is 13.8 Å². The molecular formula is C37H38N2. The SMILES string of the molecule is C=C/C=C\C(=C)c1cccc(C(/C=C(\N=C)c2cccc(/C(C)=C/C=C\C)c2C)=NCc2cccc(C)c2)c1. The Balaban J connectivity index is 2.15. The van der Waals surface area contributed by atoms with Crippen LogP contribution in [0.3, 0.4) is 0 Å². The average molecular weight is 511 g/mol. The highest BCUT2D eigenvalue weighted by molar-refractivity contribution is 6.13. The van der Waals surface area contributed by atoms with Crippen LogP contribution in [0.5, 0.6) is 0 Å². The zero-order chi connectivity index (χ0) is 28.2. The van der Waals surface area contributed by atoms with Crippen LogP contribution >= 0.6 is 0 Å². The second-order valence-electron chi connectivity index (χ2n) is 9.43. The summed E-state index contributed by atoms with van der Waals surface area (Å²) in [6.45, 7) is 20.9. The van der Waals surface area contributed by atoms with Crippen LogP contribution in [0.15, 0.2) is 132 Å². The highest BCUT2D eigenvalue weighted by Gasteiger charge is 2.12. The normalized spacial score (nSPS) is 12.8. The fourth-order valence-electron chi connectivity index (χ4n) is 4.37. The molecule has 0 radical (unpaired) electrons. The molecule has 0 fully saturated rings. The van der Waals surface area contributed by atoms with Gasteiger partial charge in [0.1, 0.15) is 0 Å². The molecule has 0 aliphatic rings. The van der Waals surface area contributed by atoms with Gasteiger partial charge < -0.3 is 0 Å². The second-order valence-corrected chi connectivity index (χ2v) is 9.43. The first-order valence-electron chi connectivity index (χ1n) is 13.1. The number of nitrogens with zero attached hydrogens (tertiary/aromatic N) is 2. The smallest absolute Gasteiger partial charge is 0.0719 e. The van der Waals surface area contributed by atoms with Crippen LogP contribution in [0.1, 0.15) is 52.8 Å². The van der Waals surface area contributed by atoms with E-state index in [2.05, 4.69) is 118 Å². The Bertz CT molecular complexity index is 1510. The molecule has 3 aromatic carbocycles. The van der Waals surface area contributed by atoms with Crippen molar-refractivity contribution in [2.45, 2.75) is 34.2 Å². The highest BCUT2D eigenvalue weighted by Crippen LogP contribution is 2.28. The minimum Gasteiger partial charge on any atom is -0.280 e. The van der Waals surface area contributed by atoms with Gasteiger partial charge in [0.05, 0.1) is 18.0 Å². The summed E-state index contributed by atoms with van der Waals surface area (Å²) in [5.74, 6) is 0. The maximum Gasteiger partial charge on any atom is 0.0719 e. The predicted octanol–water partition coefficient (Wildman–Crippen LogP) is 9.77. The number of rotatable bonds is 11. The van der Waals surface area contributed by atoms with Crippen molar-refractivity contribution >= 4 is 29.3 Å². The first-order chi connectivity index (χ1) is 18.9. The van der Waals surface area contributed by atoms with E-state index in [0.29, 0.717) is 6.54 Å². The lowest BCUT2D eigenvalue weighted by Crippen LogP contribution is -2.02. The van der Waals surface area contributed by atoms with E-state index in [4.69, 9.17) is 4.99 Å². The molecule has 0 unspecified atom stereocenters. The molecule has 0 amide bonds. The molecule has 3 aromatic rings. The third-order valence-electron chi connectivity index (χ3n) is 6.49. The molecule has 39 heavy (non-hydrogen) atoms. The van der Waals surface area contributed by atoms with Gasteiger partial charge in [-0.1, -0.05) is 116 Å². The molecule has 0 aromatic heterocycles. The fourth-order valence-corrected chi connectivity index (χ4v) is 4.37. The van der Waals surface area contributed by atoms with Gasteiger partial charge >= 0.3 is 0 Å². The fraction of sp³-hybridized carbons (Fsp3) is 0.135. The lowest BCUT2D eigenvalue weighted by atomic mass is 9.94. The Morgan fingerprint density at radius 3 is 2.33 bits per heavy atom. The topological polar surface area (TPSA) is 24.7 Å². The van der Waals surface area contributed by atoms with Gasteiger partial charge in [-0.3, -0.25) is 9.98 Å². The molecule has 0 aliphatic carbocycles. The third-order valence-corrected chi connectivity index (χ3v) is 6.49. The van der Waals surface area contributed by atoms with Gasteiger partial charge in [0.2, 0.25) is 0 Å². The molecule has 0 heterocycles. The lowest BCUT2D eigenvalue weighted by molar-refractivity contribution is 1.06. The molecule has 2 heteroatoms. The van der Waals surface area contributed by atoms with Gasteiger partial charge in [-0.25, -0.2) is 0 Å². The summed E-state index contributed by atoms with van der Waals surface area (Å²) in [5, 5.41) is 0. The quantitative estimate of drug-likeness (QED) is 0.181. The van der Waals surface area contributed by atoms with E-state index in [1.54, 1.807) is 6.08 Å². The first kappa shape index (κ1) is 29.0. The summed E-state index contributed by atoms with van der Waals surface area (Å²) < 4.78 is 0. The zero-order valence-corrected chi connectivity index (χ0v) is 23.6. The van der Waals surface area contributed by atoms with Crippen LogP contribution in [-0.2, 0) is 6.54 Å². The van der Waals surface area contributed by atoms with Crippen molar-refractivity contribution in [1.82, 2.24) is 0 Å². The summed E-state index contributed by atoms with van der Waals surface area (Å²) >= 11 is 0. The highest BCUT2D eigenvalue weighted by atomic mass is 14.8. The number of hydrogen-bond donors (Lipinski definition) is 0. The minimum absolute atomic E-state index is 0.559. The van der Waals surface area contributed by atoms with E-state index in [-0.39, 0.29) is 0 Å². The Morgan fingerprint density at radius 2 is 1.62 bits per heavy atom. The number of aliphatic imine (C=N–C) groups is 2. The molecule has 0 atom stereocenters. The molecule has 196 valence electrons. The molecule has 0 aliphatic heterocycles. The van der Waals surface area contributed by atoms with E-state index in [1.165, 1.54) is 16.7 Å². The first-order valence-corrected chi connectivity index (χ1v) is 13.1. The largest absolute Gasteiger partial charge is 0.280 e. The minimum atomic E-state index is 0.559. The maximum atomic E-state index is 5.08. The molecule has 2 nitrogen and oxygen atoms in total. The summed E-state index contributed by atoms with van der Waals surface area (Å²) in [4.78, 5) is 9.55. The van der Waals surface area contributed by atoms with Gasteiger partial charge in [-0.15, -0.1) is 0 Å². The van der Waals surface area contributed by atoms with Gasteiger partial charge in [-0.05, 0) is 80.0 Å². The monoisotopic (exact) mass is 510 g/mol. The summed E-state index contributed by atoms with van der Waals surface area (Å²) in [5.41, 5.74) is 11.5. The number of hydrogen-bond acceptors (Lipinski definition) is 2. The molecule has 3 rings (SSSR count). The Morgan fingerprint density at radius 1 is 0.897 bits per heavy atom. The summed E-state index contributed by atoms with van der Waals surface area (Å²) in [7, 11) is 0. The van der Waals surface area contributed by atoms with E-state index in [1.807, 2.05) is 37.3 Å². The van der Waals surface area contributed by atoms with Crippen LogP contribution in [-0.4, -0.2) is 12.4 Å². The van der Waals surface area contributed by atoms with Crippen LogP contribution in [0.4, 0.5) is 0 Å². The van der Waals surface area contributed by atoms with E-state index >= 15 is 0 Å². The molecule has 0 N–H and O–H groups in total. The standard InChI is InChI=1S/C37H38N2/c1-8-10-16-28(4)32-19-13-20-33(24-32)36(39-26-31-18-12-15-27(3)23-31)25-37(38-7)35-22-14-21-34(30(35)6)29(5)17-11-9-2/h8-25H,1,4,7,26H2,2-3,5-6H3/b11-9-,16-10-,29-17+,37-25-,39-36?. The van der Waals surface area contributed by atoms with Gasteiger partial charge in [0.25, 0.3) is 0 Å². The third kappa shape index (κ3) is 7.96. The number of benzene rings is 3. The number of allylic oxidation sites excluding steroid dienone is 9. The van der Waals surface area contributed by atoms with Crippen molar-refractivity contribution in [1.29, 1.82) is 0 Å². The van der Waals surface area contributed by atoms with Crippen molar-refractivity contribution in [2.24, 2.45) is 9.98 Å². The van der Waals surface area contributed by atoms with E-state index in [0.717, 1.165) is 44.8 Å². The number of aryl methyl sites for hydroxylation is 1. The van der Waals surface area contributed by atoms with Gasteiger partial charge in [0.15, 0.2) is 0 Å². The average Bonchev–Trinajstić information content (AvgIpc) is 2.95.